The number of hydrogen-bond donors (Lipinski definition) is 0. The molecule has 0 atom stereocenters. The highest BCUT2D eigenvalue weighted by atomic mass is 13.9. The minimum Gasteiger partial charge on any atom is -0.0847 e. The first-order chi connectivity index (χ1) is 5.60. The van der Waals surface area contributed by atoms with E-state index in [4.69, 9.17) is 0 Å². The van der Waals surface area contributed by atoms with E-state index >= 15 is 0 Å². The van der Waals surface area contributed by atoms with Crippen LogP contribution < -0.4 is 0 Å². The fourth-order valence-corrected chi connectivity index (χ4v) is 0.975. The van der Waals surface area contributed by atoms with Crippen LogP contribution in [0.3, 0.4) is 0 Å². The Hall–Kier alpha value is -0.780. The Bertz CT molecular complexity index is 214. The summed E-state index contributed by atoms with van der Waals surface area (Å²) in [7, 11) is 0. The molecular formula is C12H20. The van der Waals surface area contributed by atoms with Crippen LogP contribution >= 0.6 is 0 Å². The van der Waals surface area contributed by atoms with E-state index in [-0.39, 0.29) is 0 Å². The van der Waals surface area contributed by atoms with Gasteiger partial charge in [0.05, 0.1) is 0 Å². The lowest BCUT2D eigenvalue weighted by Crippen LogP contribution is -1.76. The molecule has 0 amide bonds. The summed E-state index contributed by atoms with van der Waals surface area (Å²) in [5.74, 6) is 0. The molecule has 0 aromatic rings. The molecule has 0 fully saturated rings. The molecule has 0 saturated heterocycles. The molecule has 0 spiro atoms. The SMILES string of the molecule is C/C=C(C)\C=C(\C)C=C(C)CC. The smallest absolute Gasteiger partial charge is 0.0348 e. The van der Waals surface area contributed by atoms with Gasteiger partial charge in [-0.3, -0.25) is 0 Å². The van der Waals surface area contributed by atoms with Crippen molar-refractivity contribution in [2.75, 3.05) is 0 Å². The van der Waals surface area contributed by atoms with Crippen molar-refractivity contribution in [1.82, 2.24) is 0 Å². The fourth-order valence-electron chi connectivity index (χ4n) is 0.975. The monoisotopic (exact) mass is 164 g/mol. The van der Waals surface area contributed by atoms with Gasteiger partial charge in [0.25, 0.3) is 0 Å². The molecule has 0 radical (unpaired) electrons. The molecule has 0 aromatic heterocycles. The van der Waals surface area contributed by atoms with Crippen LogP contribution in [-0.2, 0) is 0 Å². The van der Waals surface area contributed by atoms with Crippen molar-refractivity contribution in [2.45, 2.75) is 41.0 Å². The standard InChI is InChI=1S/C12H20/c1-6-10(3)8-12(5)9-11(4)7-2/h6,8-9H,7H2,1-5H3/b10-6-,11-9?,12-8-. The fraction of sp³-hybridized carbons (Fsp3) is 0.500. The molecule has 0 aliphatic heterocycles. The van der Waals surface area contributed by atoms with Crippen molar-refractivity contribution in [3.05, 3.63) is 34.9 Å². The summed E-state index contributed by atoms with van der Waals surface area (Å²) in [6.45, 7) is 10.7. The van der Waals surface area contributed by atoms with Crippen molar-refractivity contribution in [3.8, 4) is 0 Å². The van der Waals surface area contributed by atoms with Crippen molar-refractivity contribution in [2.24, 2.45) is 0 Å². The maximum absolute atomic E-state index is 2.24. The summed E-state index contributed by atoms with van der Waals surface area (Å²) in [6.07, 6.45) is 7.71. The van der Waals surface area contributed by atoms with E-state index in [2.05, 4.69) is 52.8 Å². The quantitative estimate of drug-likeness (QED) is 0.547. The zero-order valence-electron chi connectivity index (χ0n) is 8.94. The van der Waals surface area contributed by atoms with E-state index in [1.54, 1.807) is 0 Å². The van der Waals surface area contributed by atoms with E-state index < -0.39 is 0 Å². The van der Waals surface area contributed by atoms with Gasteiger partial charge in [-0.2, -0.15) is 0 Å². The number of rotatable bonds is 3. The van der Waals surface area contributed by atoms with Gasteiger partial charge in [0.1, 0.15) is 0 Å². The molecular weight excluding hydrogens is 144 g/mol. The van der Waals surface area contributed by atoms with Crippen molar-refractivity contribution < 1.29 is 0 Å². The molecule has 12 heavy (non-hydrogen) atoms. The van der Waals surface area contributed by atoms with Gasteiger partial charge in [-0.15, -0.1) is 0 Å². The predicted octanol–water partition coefficient (Wildman–Crippen LogP) is 4.26. The molecule has 0 aliphatic rings. The molecule has 0 unspecified atom stereocenters. The molecule has 0 nitrogen and oxygen atoms in total. The first-order valence-corrected chi connectivity index (χ1v) is 4.58. The zero-order valence-corrected chi connectivity index (χ0v) is 8.94. The summed E-state index contributed by atoms with van der Waals surface area (Å²) >= 11 is 0. The van der Waals surface area contributed by atoms with Gasteiger partial charge in [-0.1, -0.05) is 41.9 Å². The molecule has 0 N–H and O–H groups in total. The zero-order chi connectivity index (χ0) is 9.56. The molecule has 0 saturated carbocycles. The lowest BCUT2D eigenvalue weighted by molar-refractivity contribution is 1.09. The van der Waals surface area contributed by atoms with E-state index in [0.29, 0.717) is 0 Å². The van der Waals surface area contributed by atoms with Crippen molar-refractivity contribution >= 4 is 0 Å². The third kappa shape index (κ3) is 4.95. The minimum absolute atomic E-state index is 1.14. The Kier molecular flexibility index (Phi) is 5.44. The minimum atomic E-state index is 1.14. The van der Waals surface area contributed by atoms with Crippen LogP contribution in [0, 0.1) is 0 Å². The Morgan fingerprint density at radius 1 is 1.00 bits per heavy atom. The first-order valence-electron chi connectivity index (χ1n) is 4.58. The van der Waals surface area contributed by atoms with E-state index in [9.17, 15) is 0 Å². The van der Waals surface area contributed by atoms with Crippen LogP contribution in [0.25, 0.3) is 0 Å². The Morgan fingerprint density at radius 2 is 1.58 bits per heavy atom. The summed E-state index contributed by atoms with van der Waals surface area (Å²) in [5, 5.41) is 0. The Morgan fingerprint density at radius 3 is 2.00 bits per heavy atom. The van der Waals surface area contributed by atoms with Gasteiger partial charge in [0.2, 0.25) is 0 Å². The molecule has 0 aromatic carbocycles. The third-order valence-corrected chi connectivity index (χ3v) is 1.94. The Labute approximate surface area is 76.7 Å². The van der Waals surface area contributed by atoms with E-state index in [0.717, 1.165) is 6.42 Å². The second-order valence-corrected chi connectivity index (χ2v) is 3.27. The predicted molar refractivity (Wildman–Crippen MR) is 57.2 cm³/mol. The van der Waals surface area contributed by atoms with Crippen LogP contribution in [0.1, 0.15) is 41.0 Å². The van der Waals surface area contributed by atoms with Crippen molar-refractivity contribution in [1.29, 1.82) is 0 Å². The second-order valence-electron chi connectivity index (χ2n) is 3.27. The van der Waals surface area contributed by atoms with E-state index in [1.165, 1.54) is 16.7 Å². The van der Waals surface area contributed by atoms with Crippen LogP contribution in [0.4, 0.5) is 0 Å². The van der Waals surface area contributed by atoms with Gasteiger partial charge in [0, 0.05) is 0 Å². The van der Waals surface area contributed by atoms with Crippen molar-refractivity contribution in [3.63, 3.8) is 0 Å². The lowest BCUT2D eigenvalue weighted by Gasteiger charge is -1.97. The average Bonchev–Trinajstić information content (AvgIpc) is 2.03. The highest BCUT2D eigenvalue weighted by molar-refractivity contribution is 5.28. The van der Waals surface area contributed by atoms with Crippen LogP contribution in [0.5, 0.6) is 0 Å². The number of allylic oxidation sites excluding steroid dienone is 6. The third-order valence-electron chi connectivity index (χ3n) is 1.94. The summed E-state index contributed by atoms with van der Waals surface area (Å²) < 4.78 is 0. The van der Waals surface area contributed by atoms with Crippen LogP contribution in [0.15, 0.2) is 34.9 Å². The highest BCUT2D eigenvalue weighted by Crippen LogP contribution is 2.07. The molecule has 0 heterocycles. The maximum atomic E-state index is 2.24. The molecule has 0 bridgehead atoms. The summed E-state index contributed by atoms with van der Waals surface area (Å²) in [4.78, 5) is 0. The molecule has 0 aliphatic carbocycles. The summed E-state index contributed by atoms with van der Waals surface area (Å²) in [5.41, 5.74) is 4.10. The second kappa shape index (κ2) is 5.82. The highest BCUT2D eigenvalue weighted by Gasteiger charge is 1.86. The van der Waals surface area contributed by atoms with Gasteiger partial charge in [-0.05, 0) is 34.1 Å². The average molecular weight is 164 g/mol. The van der Waals surface area contributed by atoms with Crippen LogP contribution in [-0.4, -0.2) is 0 Å². The molecule has 68 valence electrons. The normalized spacial score (nSPS) is 15.2. The summed E-state index contributed by atoms with van der Waals surface area (Å²) in [6, 6.07) is 0. The first kappa shape index (κ1) is 11.2. The topological polar surface area (TPSA) is 0 Å². The molecule has 0 rings (SSSR count). The number of hydrogen-bond acceptors (Lipinski definition) is 0. The lowest BCUT2D eigenvalue weighted by atomic mass is 10.1. The van der Waals surface area contributed by atoms with Gasteiger partial charge in [0.15, 0.2) is 0 Å². The molecule has 0 heteroatoms. The van der Waals surface area contributed by atoms with Gasteiger partial charge >= 0.3 is 0 Å². The maximum Gasteiger partial charge on any atom is -0.0348 e. The van der Waals surface area contributed by atoms with Crippen LogP contribution in [0.2, 0.25) is 0 Å². The van der Waals surface area contributed by atoms with Gasteiger partial charge < -0.3 is 0 Å². The Balaban J connectivity index is 4.40. The largest absolute Gasteiger partial charge is 0.0847 e. The van der Waals surface area contributed by atoms with Gasteiger partial charge in [-0.25, -0.2) is 0 Å². The van der Waals surface area contributed by atoms with E-state index in [1.807, 2.05) is 0 Å².